The SMILES string of the molecule is COc1ccc(-c2nc(CNS(=O)(=O)Cc3noc4ccccc34)cs2)cc1. The largest absolute Gasteiger partial charge is 0.497 e. The third kappa shape index (κ3) is 4.06. The van der Waals surface area contributed by atoms with Crippen LogP contribution in [0.4, 0.5) is 0 Å². The Morgan fingerprint density at radius 3 is 2.71 bits per heavy atom. The minimum atomic E-state index is -3.58. The summed E-state index contributed by atoms with van der Waals surface area (Å²) in [5.41, 5.74) is 2.56. The van der Waals surface area contributed by atoms with Crippen molar-refractivity contribution < 1.29 is 17.7 Å². The second-order valence-electron chi connectivity index (χ2n) is 6.08. The molecule has 144 valence electrons. The first kappa shape index (κ1) is 18.6. The molecule has 0 aliphatic rings. The van der Waals surface area contributed by atoms with Gasteiger partial charge in [0.15, 0.2) is 5.58 Å². The maximum absolute atomic E-state index is 12.4. The second kappa shape index (κ2) is 7.70. The van der Waals surface area contributed by atoms with Gasteiger partial charge in [0.05, 0.1) is 19.3 Å². The zero-order valence-corrected chi connectivity index (χ0v) is 16.6. The first-order valence-corrected chi connectivity index (χ1v) is 11.0. The molecule has 0 saturated carbocycles. The van der Waals surface area contributed by atoms with Crippen LogP contribution < -0.4 is 9.46 Å². The molecule has 0 amide bonds. The van der Waals surface area contributed by atoms with Crippen molar-refractivity contribution in [2.75, 3.05) is 7.11 Å². The number of aromatic nitrogens is 2. The van der Waals surface area contributed by atoms with Crippen LogP contribution in [-0.2, 0) is 22.3 Å². The van der Waals surface area contributed by atoms with Gasteiger partial charge < -0.3 is 9.26 Å². The van der Waals surface area contributed by atoms with E-state index in [0.717, 1.165) is 16.3 Å². The monoisotopic (exact) mass is 415 g/mol. The van der Waals surface area contributed by atoms with Crippen molar-refractivity contribution in [3.63, 3.8) is 0 Å². The van der Waals surface area contributed by atoms with Gasteiger partial charge in [-0.25, -0.2) is 18.1 Å². The maximum Gasteiger partial charge on any atom is 0.217 e. The topological polar surface area (TPSA) is 94.3 Å². The number of hydrogen-bond acceptors (Lipinski definition) is 7. The smallest absolute Gasteiger partial charge is 0.217 e. The number of rotatable bonds is 7. The molecule has 0 unspecified atom stereocenters. The highest BCUT2D eigenvalue weighted by atomic mass is 32.2. The number of para-hydroxylation sites is 1. The number of benzene rings is 2. The highest BCUT2D eigenvalue weighted by Crippen LogP contribution is 2.26. The molecule has 9 heteroatoms. The fourth-order valence-corrected chi connectivity index (χ4v) is 4.58. The van der Waals surface area contributed by atoms with Crippen LogP contribution in [0.5, 0.6) is 5.75 Å². The molecule has 2 aromatic carbocycles. The van der Waals surface area contributed by atoms with E-state index in [1.807, 2.05) is 41.8 Å². The summed E-state index contributed by atoms with van der Waals surface area (Å²) in [6.45, 7) is 0.116. The van der Waals surface area contributed by atoms with Crippen LogP contribution in [0.3, 0.4) is 0 Å². The molecule has 0 spiro atoms. The second-order valence-corrected chi connectivity index (χ2v) is 8.74. The zero-order valence-electron chi connectivity index (χ0n) is 15.0. The molecular formula is C19H17N3O4S2. The highest BCUT2D eigenvalue weighted by Gasteiger charge is 2.18. The van der Waals surface area contributed by atoms with Crippen LogP contribution in [0.1, 0.15) is 11.4 Å². The van der Waals surface area contributed by atoms with E-state index in [2.05, 4.69) is 14.9 Å². The van der Waals surface area contributed by atoms with E-state index >= 15 is 0 Å². The first-order valence-electron chi connectivity index (χ1n) is 8.43. The van der Waals surface area contributed by atoms with Gasteiger partial charge in [0.1, 0.15) is 22.2 Å². The highest BCUT2D eigenvalue weighted by molar-refractivity contribution is 7.88. The molecule has 0 radical (unpaired) electrons. The molecule has 1 N–H and O–H groups in total. The summed E-state index contributed by atoms with van der Waals surface area (Å²) in [5.74, 6) is 0.521. The quantitative estimate of drug-likeness (QED) is 0.496. The summed E-state index contributed by atoms with van der Waals surface area (Å²) in [6, 6.07) is 14.7. The fourth-order valence-electron chi connectivity index (χ4n) is 2.71. The molecule has 0 saturated heterocycles. The predicted molar refractivity (Wildman–Crippen MR) is 108 cm³/mol. The molecule has 0 aliphatic heterocycles. The maximum atomic E-state index is 12.4. The average Bonchev–Trinajstić information content (AvgIpc) is 3.34. The van der Waals surface area contributed by atoms with Gasteiger partial charge >= 0.3 is 0 Å². The molecule has 4 aromatic rings. The number of thiazole rings is 1. The minimum absolute atomic E-state index is 0.116. The summed E-state index contributed by atoms with van der Waals surface area (Å²) in [7, 11) is -1.97. The number of sulfonamides is 1. The summed E-state index contributed by atoms with van der Waals surface area (Å²) in [4.78, 5) is 4.50. The normalized spacial score (nSPS) is 11.8. The van der Waals surface area contributed by atoms with Gasteiger partial charge in [-0.1, -0.05) is 17.3 Å². The van der Waals surface area contributed by atoms with E-state index in [1.165, 1.54) is 11.3 Å². The van der Waals surface area contributed by atoms with Gasteiger partial charge in [-0.3, -0.25) is 0 Å². The van der Waals surface area contributed by atoms with E-state index in [0.29, 0.717) is 22.4 Å². The van der Waals surface area contributed by atoms with E-state index in [1.54, 1.807) is 19.2 Å². The lowest BCUT2D eigenvalue weighted by Crippen LogP contribution is -2.25. The van der Waals surface area contributed by atoms with Crippen molar-refractivity contribution in [3.8, 4) is 16.3 Å². The number of nitrogens with zero attached hydrogens (tertiary/aromatic N) is 2. The van der Waals surface area contributed by atoms with Crippen LogP contribution in [0.2, 0.25) is 0 Å². The standard InChI is InChI=1S/C19H17N3O4S2/c1-25-15-8-6-13(7-9-15)19-21-14(11-27-19)10-20-28(23,24)12-17-16-4-2-3-5-18(16)26-22-17/h2-9,11,20H,10,12H2,1H3. The van der Waals surface area contributed by atoms with Gasteiger partial charge in [-0.15, -0.1) is 11.3 Å². The van der Waals surface area contributed by atoms with Crippen LogP contribution in [0.15, 0.2) is 58.4 Å². The van der Waals surface area contributed by atoms with Crippen molar-refractivity contribution in [2.45, 2.75) is 12.3 Å². The Bertz CT molecular complexity index is 1200. The summed E-state index contributed by atoms with van der Waals surface area (Å²) < 4.78 is 37.8. The van der Waals surface area contributed by atoms with E-state index < -0.39 is 10.0 Å². The number of hydrogen-bond donors (Lipinski definition) is 1. The Hall–Kier alpha value is -2.75. The lowest BCUT2D eigenvalue weighted by Gasteiger charge is -2.03. The van der Waals surface area contributed by atoms with Gasteiger partial charge in [0.25, 0.3) is 0 Å². The molecular weight excluding hydrogens is 398 g/mol. The molecule has 0 aliphatic carbocycles. The van der Waals surface area contributed by atoms with Gasteiger partial charge in [-0.05, 0) is 36.4 Å². The van der Waals surface area contributed by atoms with Gasteiger partial charge in [-0.2, -0.15) is 0 Å². The Balaban J connectivity index is 1.43. The summed E-state index contributed by atoms with van der Waals surface area (Å²) in [6.07, 6.45) is 0. The van der Waals surface area contributed by atoms with Crippen molar-refractivity contribution in [3.05, 3.63) is 65.3 Å². The van der Waals surface area contributed by atoms with E-state index in [9.17, 15) is 8.42 Å². The number of ether oxygens (including phenoxy) is 1. The van der Waals surface area contributed by atoms with Crippen molar-refractivity contribution in [1.82, 2.24) is 14.9 Å². The molecule has 0 bridgehead atoms. The minimum Gasteiger partial charge on any atom is -0.497 e. The molecule has 0 atom stereocenters. The van der Waals surface area contributed by atoms with Gasteiger partial charge in [0, 0.05) is 16.3 Å². The fraction of sp³-hybridized carbons (Fsp3) is 0.158. The van der Waals surface area contributed by atoms with Gasteiger partial charge in [0.2, 0.25) is 10.0 Å². The number of fused-ring (bicyclic) bond motifs is 1. The Labute approximate surface area is 166 Å². The van der Waals surface area contributed by atoms with E-state index in [-0.39, 0.29) is 12.3 Å². The van der Waals surface area contributed by atoms with Crippen molar-refractivity contribution in [2.24, 2.45) is 0 Å². The molecule has 0 fully saturated rings. The molecule has 2 aromatic heterocycles. The zero-order chi connectivity index (χ0) is 19.6. The third-order valence-electron chi connectivity index (χ3n) is 4.14. The van der Waals surface area contributed by atoms with Crippen LogP contribution in [0.25, 0.3) is 21.5 Å². The number of methoxy groups -OCH3 is 1. The third-order valence-corrected chi connectivity index (χ3v) is 6.32. The average molecular weight is 415 g/mol. The van der Waals surface area contributed by atoms with Crippen molar-refractivity contribution >= 4 is 32.3 Å². The predicted octanol–water partition coefficient (Wildman–Crippen LogP) is 3.58. The van der Waals surface area contributed by atoms with Crippen LogP contribution >= 0.6 is 11.3 Å². The summed E-state index contributed by atoms with van der Waals surface area (Å²) in [5, 5.41) is 7.23. The lowest BCUT2D eigenvalue weighted by molar-refractivity contribution is 0.415. The van der Waals surface area contributed by atoms with Crippen LogP contribution in [0, 0.1) is 0 Å². The lowest BCUT2D eigenvalue weighted by atomic mass is 10.2. The Morgan fingerprint density at radius 2 is 1.93 bits per heavy atom. The molecule has 2 heterocycles. The van der Waals surface area contributed by atoms with E-state index in [4.69, 9.17) is 9.26 Å². The van der Waals surface area contributed by atoms with Crippen LogP contribution in [-0.4, -0.2) is 25.7 Å². The Morgan fingerprint density at radius 1 is 1.14 bits per heavy atom. The molecule has 4 rings (SSSR count). The number of nitrogens with one attached hydrogen (secondary N) is 1. The van der Waals surface area contributed by atoms with Crippen molar-refractivity contribution in [1.29, 1.82) is 0 Å². The summed E-state index contributed by atoms with van der Waals surface area (Å²) >= 11 is 1.46. The first-order chi connectivity index (χ1) is 13.5. The molecule has 7 nitrogen and oxygen atoms in total. The Kier molecular flexibility index (Phi) is 5.12. The molecule has 28 heavy (non-hydrogen) atoms.